The van der Waals surface area contributed by atoms with E-state index in [0.29, 0.717) is 5.01 Å². The number of hydrogen-bond donors (Lipinski definition) is 5. The lowest BCUT2D eigenvalue weighted by Crippen LogP contribution is -2.65. The Hall–Kier alpha value is -1.04. The van der Waals surface area contributed by atoms with E-state index in [0.717, 1.165) is 0 Å². The highest BCUT2D eigenvalue weighted by Gasteiger charge is 2.44. The minimum absolute atomic E-state index is 0.0417. The average Bonchev–Trinajstić information content (AvgIpc) is 2.44. The number of nitrogens with zero attached hydrogens (tertiary/aromatic N) is 2. The van der Waals surface area contributed by atoms with Crippen LogP contribution in [0, 0.1) is 4.91 Å². The topological polar surface area (TPSA) is 152 Å². The number of urea groups is 1. The highest BCUT2D eigenvalue weighted by Crippen LogP contribution is 2.20. The fourth-order valence-corrected chi connectivity index (χ4v) is 1.91. The van der Waals surface area contributed by atoms with Crippen LogP contribution in [0.25, 0.3) is 0 Å². The molecule has 116 valence electrons. The number of nitroso groups, excluding NO2 is 1. The molecule has 0 bridgehead atoms. The van der Waals surface area contributed by atoms with E-state index in [1.165, 1.54) is 0 Å². The molecule has 0 saturated carbocycles. The molecule has 10 nitrogen and oxygen atoms in total. The van der Waals surface area contributed by atoms with E-state index in [4.69, 9.17) is 21.4 Å². The summed E-state index contributed by atoms with van der Waals surface area (Å²) < 4.78 is 4.74. The molecular weight excluding hydrogens is 298 g/mol. The Balaban J connectivity index is 2.76. The first-order valence-corrected chi connectivity index (χ1v) is 6.27. The summed E-state index contributed by atoms with van der Waals surface area (Å²) in [6, 6.07) is -2.35. The monoisotopic (exact) mass is 313 g/mol. The van der Waals surface area contributed by atoms with Gasteiger partial charge in [0.1, 0.15) is 18.3 Å². The van der Waals surface area contributed by atoms with Crippen LogP contribution >= 0.6 is 11.6 Å². The average molecular weight is 314 g/mol. The van der Waals surface area contributed by atoms with E-state index < -0.39 is 43.3 Å². The van der Waals surface area contributed by atoms with Crippen LogP contribution in [-0.4, -0.2) is 81.1 Å². The van der Waals surface area contributed by atoms with Crippen LogP contribution < -0.4 is 5.32 Å². The lowest BCUT2D eigenvalue weighted by Gasteiger charge is -2.40. The van der Waals surface area contributed by atoms with Crippen molar-refractivity contribution in [3.8, 4) is 0 Å². The molecular formula is C9H16ClN3O7. The van der Waals surface area contributed by atoms with Crippen LogP contribution in [0.3, 0.4) is 0 Å². The van der Waals surface area contributed by atoms with Crippen LogP contribution in [0.4, 0.5) is 4.79 Å². The van der Waals surface area contributed by atoms with Gasteiger partial charge in [-0.15, -0.1) is 16.5 Å². The normalized spacial score (nSPS) is 33.5. The predicted octanol–water partition coefficient (Wildman–Crippen LogP) is -2.28. The van der Waals surface area contributed by atoms with E-state index in [9.17, 15) is 25.0 Å². The number of aliphatic hydroxyl groups is 4. The van der Waals surface area contributed by atoms with E-state index in [-0.39, 0.29) is 12.4 Å². The molecule has 2 amide bonds. The van der Waals surface area contributed by atoms with Crippen LogP contribution in [0.2, 0.25) is 0 Å². The lowest BCUT2D eigenvalue weighted by molar-refractivity contribution is -0.261. The molecule has 0 aromatic carbocycles. The van der Waals surface area contributed by atoms with Crippen LogP contribution in [0.5, 0.6) is 0 Å². The fourth-order valence-electron chi connectivity index (χ4n) is 1.75. The zero-order valence-corrected chi connectivity index (χ0v) is 11.0. The minimum Gasteiger partial charge on any atom is -0.394 e. The lowest BCUT2D eigenvalue weighted by atomic mass is 9.96. The Bertz CT molecular complexity index is 348. The summed E-state index contributed by atoms with van der Waals surface area (Å²) in [5.41, 5.74) is 0. The quantitative estimate of drug-likeness (QED) is 0.218. The second kappa shape index (κ2) is 7.67. The standard InChI is InChI=1S/C9H16ClN3O7/c10-1-2-13(12-19)9(18)11-5-6(15)4(3-14)20-8(17)7(5)16/h4-8,14-17H,1-3H2,(H,11,18)/t4?,5?,6-,7?,8-/m1/s1. The SMILES string of the molecule is O=NN(CCCl)C(=O)NC1C(O)[C@H](O)OC(CO)[C@H]1O. The third-order valence-corrected chi connectivity index (χ3v) is 2.99. The van der Waals surface area contributed by atoms with Crippen molar-refractivity contribution in [1.29, 1.82) is 0 Å². The zero-order valence-electron chi connectivity index (χ0n) is 10.3. The van der Waals surface area contributed by atoms with Gasteiger partial charge in [0.15, 0.2) is 6.29 Å². The molecule has 20 heavy (non-hydrogen) atoms. The van der Waals surface area contributed by atoms with E-state index >= 15 is 0 Å². The first kappa shape index (κ1) is 17.0. The number of hydrogen-bond acceptors (Lipinski definition) is 8. The number of carbonyl (C=O) groups excluding carboxylic acids is 1. The first-order valence-electron chi connectivity index (χ1n) is 5.74. The number of nitrogens with one attached hydrogen (secondary N) is 1. The van der Waals surface area contributed by atoms with Crippen LogP contribution in [0.15, 0.2) is 5.29 Å². The maximum atomic E-state index is 11.7. The zero-order chi connectivity index (χ0) is 15.3. The summed E-state index contributed by atoms with van der Waals surface area (Å²) in [7, 11) is 0. The molecule has 1 saturated heterocycles. The Kier molecular flexibility index (Phi) is 6.52. The largest absolute Gasteiger partial charge is 0.394 e. The fraction of sp³-hybridized carbons (Fsp3) is 0.889. The smallest absolute Gasteiger partial charge is 0.340 e. The summed E-state index contributed by atoms with van der Waals surface area (Å²) in [6.45, 7) is -0.799. The van der Waals surface area contributed by atoms with Gasteiger partial charge < -0.3 is 30.5 Å². The van der Waals surface area contributed by atoms with Gasteiger partial charge in [-0.25, -0.2) is 4.79 Å². The maximum Gasteiger partial charge on any atom is 0.340 e. The van der Waals surface area contributed by atoms with Crippen molar-refractivity contribution in [2.45, 2.75) is 30.6 Å². The van der Waals surface area contributed by atoms with Gasteiger partial charge in [0.25, 0.3) is 0 Å². The molecule has 1 fully saturated rings. The highest BCUT2D eigenvalue weighted by molar-refractivity contribution is 6.18. The Morgan fingerprint density at radius 2 is 2.00 bits per heavy atom. The van der Waals surface area contributed by atoms with Crippen molar-refractivity contribution in [2.24, 2.45) is 5.29 Å². The molecule has 1 heterocycles. The second-order valence-electron chi connectivity index (χ2n) is 4.10. The molecule has 11 heteroatoms. The van der Waals surface area contributed by atoms with Gasteiger partial charge in [-0.1, -0.05) is 0 Å². The number of aliphatic hydroxyl groups excluding tert-OH is 4. The molecule has 0 spiro atoms. The highest BCUT2D eigenvalue weighted by atomic mass is 35.5. The number of alkyl halides is 1. The Labute approximate surface area is 118 Å². The Morgan fingerprint density at radius 3 is 2.50 bits per heavy atom. The summed E-state index contributed by atoms with van der Waals surface area (Å²) in [5, 5.41) is 42.9. The number of amides is 2. The summed E-state index contributed by atoms with van der Waals surface area (Å²) in [5.74, 6) is -0.0417. The van der Waals surface area contributed by atoms with Gasteiger partial charge in [-0.2, -0.15) is 5.01 Å². The van der Waals surface area contributed by atoms with Gasteiger partial charge in [-0.3, -0.25) is 0 Å². The van der Waals surface area contributed by atoms with Crippen molar-refractivity contribution < 1.29 is 30.0 Å². The summed E-state index contributed by atoms with van der Waals surface area (Å²) in [6.07, 6.45) is -6.01. The molecule has 0 radical (unpaired) electrons. The number of carbonyl (C=O) groups is 1. The Morgan fingerprint density at radius 1 is 1.35 bits per heavy atom. The van der Waals surface area contributed by atoms with E-state index in [2.05, 4.69) is 10.6 Å². The van der Waals surface area contributed by atoms with Crippen molar-refractivity contribution >= 4 is 17.6 Å². The van der Waals surface area contributed by atoms with Crippen molar-refractivity contribution in [2.75, 3.05) is 19.0 Å². The van der Waals surface area contributed by atoms with Crippen molar-refractivity contribution in [3.63, 3.8) is 0 Å². The second-order valence-corrected chi connectivity index (χ2v) is 4.48. The van der Waals surface area contributed by atoms with Crippen LogP contribution in [-0.2, 0) is 4.74 Å². The van der Waals surface area contributed by atoms with Crippen molar-refractivity contribution in [3.05, 3.63) is 4.91 Å². The van der Waals surface area contributed by atoms with Crippen LogP contribution in [0.1, 0.15) is 0 Å². The number of ether oxygens (including phenoxy) is 1. The van der Waals surface area contributed by atoms with E-state index in [1.54, 1.807) is 0 Å². The molecule has 1 aliphatic rings. The molecule has 3 unspecified atom stereocenters. The third-order valence-electron chi connectivity index (χ3n) is 2.82. The summed E-state index contributed by atoms with van der Waals surface area (Å²) in [4.78, 5) is 22.1. The third kappa shape index (κ3) is 3.75. The number of halogens is 1. The van der Waals surface area contributed by atoms with Gasteiger partial charge in [0.05, 0.1) is 24.5 Å². The summed E-state index contributed by atoms with van der Waals surface area (Å²) >= 11 is 5.38. The predicted molar refractivity (Wildman–Crippen MR) is 65.5 cm³/mol. The number of rotatable bonds is 5. The van der Waals surface area contributed by atoms with Gasteiger partial charge in [0.2, 0.25) is 0 Å². The molecule has 0 aromatic heterocycles. The molecule has 1 aliphatic heterocycles. The molecule has 0 aromatic rings. The van der Waals surface area contributed by atoms with Gasteiger partial charge in [0, 0.05) is 5.88 Å². The molecule has 0 aliphatic carbocycles. The molecule has 1 rings (SSSR count). The van der Waals surface area contributed by atoms with Gasteiger partial charge in [-0.05, 0) is 0 Å². The first-order chi connectivity index (χ1) is 9.46. The maximum absolute atomic E-state index is 11.7. The molecule has 5 N–H and O–H groups in total. The molecule has 5 atom stereocenters. The minimum atomic E-state index is -1.70. The van der Waals surface area contributed by atoms with E-state index in [1.807, 2.05) is 0 Å². The van der Waals surface area contributed by atoms with Crippen molar-refractivity contribution in [1.82, 2.24) is 10.3 Å². The van der Waals surface area contributed by atoms with Gasteiger partial charge >= 0.3 is 6.03 Å².